The summed E-state index contributed by atoms with van der Waals surface area (Å²) in [6.45, 7) is 0.671. The molecule has 2 aromatic rings. The molecular formula is C15H21N3O. The van der Waals surface area contributed by atoms with Crippen LogP contribution in [0.15, 0.2) is 18.2 Å². The Bertz CT molecular complexity index is 570. The Morgan fingerprint density at radius 2 is 2.11 bits per heavy atom. The fraction of sp³-hybridized carbons (Fsp3) is 0.533. The van der Waals surface area contributed by atoms with Gasteiger partial charge in [-0.15, -0.1) is 0 Å². The third-order valence-electron chi connectivity index (χ3n) is 4.39. The fourth-order valence-electron chi connectivity index (χ4n) is 3.13. The number of rotatable bonds is 3. The Balaban J connectivity index is 2.03. The summed E-state index contributed by atoms with van der Waals surface area (Å²) in [5.74, 6) is 1.91. The van der Waals surface area contributed by atoms with E-state index in [1.54, 1.807) is 7.11 Å². The molecule has 1 heterocycles. The molecule has 0 amide bonds. The zero-order chi connectivity index (χ0) is 13.3. The van der Waals surface area contributed by atoms with Gasteiger partial charge in [-0.1, -0.05) is 19.3 Å². The summed E-state index contributed by atoms with van der Waals surface area (Å²) in [5, 5.41) is 0. The second kappa shape index (κ2) is 4.85. The number of methoxy groups -OCH3 is 1. The third-order valence-corrected chi connectivity index (χ3v) is 4.39. The number of aromatic nitrogens is 2. The number of benzene rings is 1. The summed E-state index contributed by atoms with van der Waals surface area (Å²) >= 11 is 0. The normalized spacial score (nSPS) is 18.6. The first-order chi connectivity index (χ1) is 9.27. The van der Waals surface area contributed by atoms with Gasteiger partial charge >= 0.3 is 0 Å². The van der Waals surface area contributed by atoms with Crippen molar-refractivity contribution < 1.29 is 4.74 Å². The van der Waals surface area contributed by atoms with Crippen LogP contribution in [-0.4, -0.2) is 23.6 Å². The SMILES string of the molecule is COc1ccc2nc(C3(CN)CCCCC3)[nH]c2c1. The Morgan fingerprint density at radius 1 is 1.32 bits per heavy atom. The average molecular weight is 259 g/mol. The molecule has 3 N–H and O–H groups in total. The minimum absolute atomic E-state index is 0.0461. The van der Waals surface area contributed by atoms with Crippen LogP contribution in [0.3, 0.4) is 0 Å². The van der Waals surface area contributed by atoms with Crippen molar-refractivity contribution in [2.24, 2.45) is 5.73 Å². The lowest BCUT2D eigenvalue weighted by molar-refractivity contribution is 0.288. The molecule has 0 saturated heterocycles. The highest BCUT2D eigenvalue weighted by Crippen LogP contribution is 2.38. The highest BCUT2D eigenvalue weighted by atomic mass is 16.5. The molecule has 1 aliphatic rings. The van der Waals surface area contributed by atoms with E-state index in [-0.39, 0.29) is 5.41 Å². The van der Waals surface area contributed by atoms with E-state index in [1.165, 1.54) is 19.3 Å². The van der Waals surface area contributed by atoms with E-state index < -0.39 is 0 Å². The van der Waals surface area contributed by atoms with Crippen LogP contribution in [0.25, 0.3) is 11.0 Å². The van der Waals surface area contributed by atoms with Crippen LogP contribution in [0.2, 0.25) is 0 Å². The number of fused-ring (bicyclic) bond motifs is 1. The lowest BCUT2D eigenvalue weighted by Gasteiger charge is -2.34. The van der Waals surface area contributed by atoms with Crippen LogP contribution < -0.4 is 10.5 Å². The number of nitrogens with zero attached hydrogens (tertiary/aromatic N) is 1. The van der Waals surface area contributed by atoms with Gasteiger partial charge < -0.3 is 15.5 Å². The van der Waals surface area contributed by atoms with Crippen molar-refractivity contribution >= 4 is 11.0 Å². The zero-order valence-electron chi connectivity index (χ0n) is 11.4. The molecule has 102 valence electrons. The highest BCUT2D eigenvalue weighted by Gasteiger charge is 2.35. The number of nitrogens with one attached hydrogen (secondary N) is 1. The van der Waals surface area contributed by atoms with E-state index in [4.69, 9.17) is 15.5 Å². The number of aromatic amines is 1. The van der Waals surface area contributed by atoms with Crippen LogP contribution in [0, 0.1) is 0 Å². The summed E-state index contributed by atoms with van der Waals surface area (Å²) in [5.41, 5.74) is 8.14. The van der Waals surface area contributed by atoms with Gasteiger partial charge in [-0.25, -0.2) is 4.98 Å². The number of ether oxygens (including phenoxy) is 1. The molecule has 0 radical (unpaired) electrons. The van der Waals surface area contributed by atoms with Crippen LogP contribution >= 0.6 is 0 Å². The Labute approximate surface area is 113 Å². The van der Waals surface area contributed by atoms with Gasteiger partial charge in [0.1, 0.15) is 11.6 Å². The summed E-state index contributed by atoms with van der Waals surface area (Å²) in [7, 11) is 1.68. The highest BCUT2D eigenvalue weighted by molar-refractivity contribution is 5.77. The van der Waals surface area contributed by atoms with E-state index in [0.717, 1.165) is 35.4 Å². The smallest absolute Gasteiger partial charge is 0.121 e. The third kappa shape index (κ3) is 2.10. The standard InChI is InChI=1S/C15H21N3O/c1-19-11-5-6-12-13(9-11)18-14(17-12)15(10-16)7-3-2-4-8-15/h5-6,9H,2-4,7-8,10,16H2,1H3,(H,17,18). The van der Waals surface area contributed by atoms with Gasteiger partial charge in [0, 0.05) is 18.0 Å². The van der Waals surface area contributed by atoms with Crippen molar-refractivity contribution in [3.05, 3.63) is 24.0 Å². The second-order valence-electron chi connectivity index (χ2n) is 5.51. The zero-order valence-corrected chi connectivity index (χ0v) is 11.4. The van der Waals surface area contributed by atoms with Crippen molar-refractivity contribution in [3.8, 4) is 5.75 Å². The van der Waals surface area contributed by atoms with Crippen molar-refractivity contribution in [1.82, 2.24) is 9.97 Å². The van der Waals surface area contributed by atoms with E-state index in [1.807, 2.05) is 18.2 Å². The van der Waals surface area contributed by atoms with E-state index in [2.05, 4.69) is 4.98 Å². The van der Waals surface area contributed by atoms with Crippen LogP contribution in [0.4, 0.5) is 0 Å². The Morgan fingerprint density at radius 3 is 2.79 bits per heavy atom. The minimum Gasteiger partial charge on any atom is -0.497 e. The van der Waals surface area contributed by atoms with Crippen LogP contribution in [0.5, 0.6) is 5.75 Å². The van der Waals surface area contributed by atoms with Gasteiger partial charge in [-0.3, -0.25) is 0 Å². The number of hydrogen-bond acceptors (Lipinski definition) is 3. The van der Waals surface area contributed by atoms with Crippen molar-refractivity contribution in [2.75, 3.05) is 13.7 Å². The summed E-state index contributed by atoms with van der Waals surface area (Å²) < 4.78 is 5.26. The number of hydrogen-bond donors (Lipinski definition) is 2. The van der Waals surface area contributed by atoms with E-state index >= 15 is 0 Å². The molecule has 1 aromatic carbocycles. The van der Waals surface area contributed by atoms with Crippen LogP contribution in [0.1, 0.15) is 37.9 Å². The quantitative estimate of drug-likeness (QED) is 0.890. The maximum atomic E-state index is 6.06. The average Bonchev–Trinajstić information content (AvgIpc) is 2.91. The fourth-order valence-corrected chi connectivity index (χ4v) is 3.13. The maximum absolute atomic E-state index is 6.06. The molecule has 1 aliphatic carbocycles. The summed E-state index contributed by atoms with van der Waals surface area (Å²) in [6, 6.07) is 5.95. The molecule has 0 bridgehead atoms. The molecule has 1 aromatic heterocycles. The first kappa shape index (κ1) is 12.5. The van der Waals surface area contributed by atoms with E-state index in [0.29, 0.717) is 6.54 Å². The molecule has 0 spiro atoms. The molecule has 0 aliphatic heterocycles. The lowest BCUT2D eigenvalue weighted by Crippen LogP contribution is -2.38. The number of nitrogens with two attached hydrogens (primary N) is 1. The topological polar surface area (TPSA) is 63.9 Å². The van der Waals surface area contributed by atoms with Gasteiger partial charge in [0.05, 0.1) is 18.1 Å². The molecule has 3 rings (SSSR count). The molecule has 1 fully saturated rings. The first-order valence-electron chi connectivity index (χ1n) is 7.02. The molecule has 4 nitrogen and oxygen atoms in total. The lowest BCUT2D eigenvalue weighted by atomic mass is 9.73. The Hall–Kier alpha value is -1.55. The summed E-state index contributed by atoms with van der Waals surface area (Å²) in [6.07, 6.45) is 6.09. The van der Waals surface area contributed by atoms with Crippen molar-refractivity contribution in [1.29, 1.82) is 0 Å². The van der Waals surface area contributed by atoms with Crippen molar-refractivity contribution in [3.63, 3.8) is 0 Å². The predicted molar refractivity (Wildman–Crippen MR) is 76.5 cm³/mol. The number of H-pyrrole nitrogens is 1. The van der Waals surface area contributed by atoms with Gasteiger partial charge in [0.15, 0.2) is 0 Å². The van der Waals surface area contributed by atoms with Gasteiger partial charge in [-0.2, -0.15) is 0 Å². The molecule has 1 saturated carbocycles. The van der Waals surface area contributed by atoms with Crippen LogP contribution in [-0.2, 0) is 5.41 Å². The molecular weight excluding hydrogens is 238 g/mol. The predicted octanol–water partition coefficient (Wildman–Crippen LogP) is 2.73. The van der Waals surface area contributed by atoms with Gasteiger partial charge in [0.2, 0.25) is 0 Å². The summed E-state index contributed by atoms with van der Waals surface area (Å²) in [4.78, 5) is 8.22. The largest absolute Gasteiger partial charge is 0.497 e. The first-order valence-corrected chi connectivity index (χ1v) is 7.02. The molecule has 19 heavy (non-hydrogen) atoms. The number of imidazole rings is 1. The minimum atomic E-state index is 0.0461. The second-order valence-corrected chi connectivity index (χ2v) is 5.51. The Kier molecular flexibility index (Phi) is 3.19. The molecule has 4 heteroatoms. The maximum Gasteiger partial charge on any atom is 0.121 e. The van der Waals surface area contributed by atoms with Crippen molar-refractivity contribution in [2.45, 2.75) is 37.5 Å². The van der Waals surface area contributed by atoms with E-state index in [9.17, 15) is 0 Å². The van der Waals surface area contributed by atoms with Gasteiger partial charge in [-0.05, 0) is 25.0 Å². The molecule has 0 unspecified atom stereocenters. The van der Waals surface area contributed by atoms with Gasteiger partial charge in [0.25, 0.3) is 0 Å². The molecule has 0 atom stereocenters. The monoisotopic (exact) mass is 259 g/mol.